The first-order chi connectivity index (χ1) is 15.1. The molecule has 0 aliphatic carbocycles. The van der Waals surface area contributed by atoms with Crippen LogP contribution in [0.25, 0.3) is 0 Å². The highest BCUT2D eigenvalue weighted by atomic mass is 79.9. The lowest BCUT2D eigenvalue weighted by atomic mass is 10.0. The Balaban J connectivity index is 1.70. The molecule has 31 heavy (non-hydrogen) atoms. The Morgan fingerprint density at radius 2 is 1.71 bits per heavy atom. The monoisotopic (exact) mass is 556 g/mol. The third-order valence-corrected chi connectivity index (χ3v) is 7.47. The number of aromatic nitrogens is 1. The first-order valence-electron chi connectivity index (χ1n) is 9.81. The summed E-state index contributed by atoms with van der Waals surface area (Å²) in [5, 5.41) is 8.38. The second kappa shape index (κ2) is 10.5. The molecule has 0 amide bonds. The van der Waals surface area contributed by atoms with E-state index < -0.39 is 0 Å². The highest BCUT2D eigenvalue weighted by molar-refractivity contribution is 9.10. The molecule has 2 aromatic carbocycles. The number of benzene rings is 2. The number of halogens is 4. The minimum Gasteiger partial charge on any atom is -0.346 e. The predicted molar refractivity (Wildman–Crippen MR) is 138 cm³/mol. The van der Waals surface area contributed by atoms with Gasteiger partial charge in [-0.3, -0.25) is 5.01 Å². The molecule has 1 aliphatic heterocycles. The summed E-state index contributed by atoms with van der Waals surface area (Å²) in [7, 11) is 0. The molecule has 4 rings (SSSR count). The lowest BCUT2D eigenvalue weighted by Crippen LogP contribution is -2.27. The van der Waals surface area contributed by atoms with Gasteiger partial charge in [0.25, 0.3) is 0 Å². The van der Waals surface area contributed by atoms with Crippen LogP contribution in [0.4, 0.5) is 10.8 Å². The molecular formula is C22H20BrCl3N4S. The second-order valence-electron chi connectivity index (χ2n) is 6.97. The first-order valence-corrected chi connectivity index (χ1v) is 12.9. The molecule has 0 N–H and O–H groups in total. The molecule has 0 saturated carbocycles. The standard InChI is InChI=1S/C22H20BrCl3N4S/c23-16-8-6-15(7-9-16)18-14-19(30(28-18)17-4-2-1-3-5-17)20-21(26)27-22(31-20)29(12-10-24)13-11-25/h1-9,19H,10-14H2. The summed E-state index contributed by atoms with van der Waals surface area (Å²) < 4.78 is 1.04. The van der Waals surface area contributed by atoms with Crippen molar-refractivity contribution >= 4 is 78.6 Å². The van der Waals surface area contributed by atoms with E-state index in [1.54, 1.807) is 11.3 Å². The molecule has 0 bridgehead atoms. The maximum Gasteiger partial charge on any atom is 0.187 e. The van der Waals surface area contributed by atoms with Gasteiger partial charge >= 0.3 is 0 Å². The van der Waals surface area contributed by atoms with Crippen molar-refractivity contribution in [2.75, 3.05) is 34.8 Å². The van der Waals surface area contributed by atoms with Crippen molar-refractivity contribution in [3.8, 4) is 0 Å². The smallest absolute Gasteiger partial charge is 0.187 e. The molecule has 4 nitrogen and oxygen atoms in total. The largest absolute Gasteiger partial charge is 0.346 e. The van der Waals surface area contributed by atoms with E-state index in [9.17, 15) is 0 Å². The third-order valence-electron chi connectivity index (χ3n) is 4.99. The molecule has 1 aromatic heterocycles. The minimum atomic E-state index is -0.0337. The van der Waals surface area contributed by atoms with Gasteiger partial charge in [-0.05, 0) is 29.8 Å². The zero-order valence-corrected chi connectivity index (χ0v) is 21.2. The Kier molecular flexibility index (Phi) is 7.77. The van der Waals surface area contributed by atoms with Gasteiger partial charge in [-0.25, -0.2) is 4.98 Å². The first kappa shape index (κ1) is 22.9. The van der Waals surface area contributed by atoms with Crippen molar-refractivity contribution in [1.29, 1.82) is 0 Å². The summed E-state index contributed by atoms with van der Waals surface area (Å²) in [6.07, 6.45) is 0.739. The summed E-state index contributed by atoms with van der Waals surface area (Å²) in [5.41, 5.74) is 3.13. The predicted octanol–water partition coefficient (Wildman–Crippen LogP) is 7.20. The maximum atomic E-state index is 6.66. The second-order valence-corrected chi connectivity index (χ2v) is 10.0. The molecule has 0 spiro atoms. The molecule has 1 unspecified atom stereocenters. The summed E-state index contributed by atoms with van der Waals surface area (Å²) >= 11 is 23.7. The van der Waals surface area contributed by atoms with E-state index in [2.05, 4.69) is 50.1 Å². The fourth-order valence-corrected chi connectivity index (χ4v) is 5.64. The summed E-state index contributed by atoms with van der Waals surface area (Å²) in [6.45, 7) is 1.34. The Hall–Kier alpha value is -1.31. The number of hydrazone groups is 1. The zero-order chi connectivity index (χ0) is 21.8. The van der Waals surface area contributed by atoms with Crippen LogP contribution >= 0.6 is 62.1 Å². The molecule has 9 heteroatoms. The van der Waals surface area contributed by atoms with E-state index in [-0.39, 0.29) is 6.04 Å². The fourth-order valence-electron chi connectivity index (χ4n) is 3.50. The van der Waals surface area contributed by atoms with Gasteiger partial charge in [0.1, 0.15) is 5.15 Å². The molecule has 1 aliphatic rings. The maximum absolute atomic E-state index is 6.66. The van der Waals surface area contributed by atoms with Crippen molar-refractivity contribution in [2.24, 2.45) is 5.10 Å². The molecular weight excluding hydrogens is 539 g/mol. The van der Waals surface area contributed by atoms with Gasteiger partial charge < -0.3 is 4.90 Å². The SMILES string of the molecule is ClCCN(CCCl)c1nc(Cl)c(C2CC(c3ccc(Br)cc3)=NN2c2ccccc2)s1. The lowest BCUT2D eigenvalue weighted by Gasteiger charge is -2.23. The van der Waals surface area contributed by atoms with Gasteiger partial charge in [0, 0.05) is 35.7 Å². The van der Waals surface area contributed by atoms with Crippen LogP contribution in [0.2, 0.25) is 5.15 Å². The van der Waals surface area contributed by atoms with Crippen molar-refractivity contribution in [1.82, 2.24) is 4.98 Å². The van der Waals surface area contributed by atoms with Crippen LogP contribution in [0.15, 0.2) is 64.2 Å². The summed E-state index contributed by atoms with van der Waals surface area (Å²) in [6, 6.07) is 18.3. The Labute approximate surface area is 209 Å². The third kappa shape index (κ3) is 5.20. The number of para-hydroxylation sites is 1. The van der Waals surface area contributed by atoms with E-state index in [1.165, 1.54) is 0 Å². The normalized spacial score (nSPS) is 15.9. The molecule has 2 heterocycles. The van der Waals surface area contributed by atoms with Crippen LogP contribution < -0.4 is 9.91 Å². The molecule has 1 atom stereocenters. The van der Waals surface area contributed by atoms with E-state index in [4.69, 9.17) is 39.9 Å². The number of anilines is 2. The van der Waals surface area contributed by atoms with Crippen LogP contribution in [-0.2, 0) is 0 Å². The van der Waals surface area contributed by atoms with E-state index >= 15 is 0 Å². The fraction of sp³-hybridized carbons (Fsp3) is 0.273. The number of hydrogen-bond acceptors (Lipinski definition) is 5. The van der Waals surface area contributed by atoms with Crippen LogP contribution in [0.3, 0.4) is 0 Å². The van der Waals surface area contributed by atoms with E-state index in [0.29, 0.717) is 30.0 Å². The van der Waals surface area contributed by atoms with Crippen LogP contribution in [0.5, 0.6) is 0 Å². The van der Waals surface area contributed by atoms with Crippen LogP contribution in [-0.4, -0.2) is 35.5 Å². The molecule has 162 valence electrons. The average Bonchev–Trinajstić information content (AvgIpc) is 3.38. The lowest BCUT2D eigenvalue weighted by molar-refractivity contribution is 0.720. The van der Waals surface area contributed by atoms with Gasteiger partial charge in [-0.1, -0.05) is 69.2 Å². The molecule has 0 fully saturated rings. The number of hydrogen-bond donors (Lipinski definition) is 0. The van der Waals surface area contributed by atoms with Crippen molar-refractivity contribution in [3.05, 3.63) is 74.7 Å². The Bertz CT molecular complexity index is 1040. The highest BCUT2D eigenvalue weighted by Crippen LogP contribution is 2.43. The minimum absolute atomic E-state index is 0.0337. The number of thiazole rings is 1. The van der Waals surface area contributed by atoms with E-state index in [1.807, 2.05) is 35.3 Å². The zero-order valence-electron chi connectivity index (χ0n) is 16.5. The quantitative estimate of drug-likeness (QED) is 0.274. The van der Waals surface area contributed by atoms with Crippen molar-refractivity contribution in [3.63, 3.8) is 0 Å². The summed E-state index contributed by atoms with van der Waals surface area (Å²) in [5.74, 6) is 1.000. The average molecular weight is 559 g/mol. The number of alkyl halides is 2. The van der Waals surface area contributed by atoms with Crippen molar-refractivity contribution < 1.29 is 0 Å². The van der Waals surface area contributed by atoms with Gasteiger partial charge in [-0.2, -0.15) is 5.10 Å². The highest BCUT2D eigenvalue weighted by Gasteiger charge is 2.34. The van der Waals surface area contributed by atoms with E-state index in [0.717, 1.165) is 37.9 Å². The number of nitrogens with zero attached hydrogens (tertiary/aromatic N) is 4. The molecule has 0 saturated heterocycles. The Morgan fingerprint density at radius 1 is 1.03 bits per heavy atom. The van der Waals surface area contributed by atoms with Gasteiger partial charge in [0.05, 0.1) is 22.3 Å². The Morgan fingerprint density at radius 3 is 2.35 bits per heavy atom. The van der Waals surface area contributed by atoms with Crippen LogP contribution in [0.1, 0.15) is 22.9 Å². The number of rotatable bonds is 8. The van der Waals surface area contributed by atoms with Crippen LogP contribution in [0, 0.1) is 0 Å². The summed E-state index contributed by atoms with van der Waals surface area (Å²) in [4.78, 5) is 7.71. The van der Waals surface area contributed by atoms with Gasteiger partial charge in [0.2, 0.25) is 0 Å². The molecule has 3 aromatic rings. The van der Waals surface area contributed by atoms with Gasteiger partial charge in [-0.15, -0.1) is 23.2 Å². The topological polar surface area (TPSA) is 31.7 Å². The van der Waals surface area contributed by atoms with Gasteiger partial charge in [0.15, 0.2) is 5.13 Å². The molecule has 0 radical (unpaired) electrons. The van der Waals surface area contributed by atoms with Crippen molar-refractivity contribution in [2.45, 2.75) is 12.5 Å².